The Morgan fingerprint density at radius 2 is 1.29 bits per heavy atom. The van der Waals surface area contributed by atoms with Gasteiger partial charge in [-0.25, -0.2) is 0 Å². The summed E-state index contributed by atoms with van der Waals surface area (Å²) in [6.07, 6.45) is 0. The summed E-state index contributed by atoms with van der Waals surface area (Å²) in [5.74, 6) is 0.463. The summed E-state index contributed by atoms with van der Waals surface area (Å²) in [6.45, 7) is 6.21. The third-order valence-electron chi connectivity index (χ3n) is 4.68. The molecule has 0 amide bonds. The van der Waals surface area contributed by atoms with Gasteiger partial charge in [0.1, 0.15) is 5.76 Å². The molecule has 21 heavy (non-hydrogen) atoms. The minimum absolute atomic E-state index is 0.463. The van der Waals surface area contributed by atoms with Crippen molar-refractivity contribution in [2.75, 3.05) is 0 Å². The van der Waals surface area contributed by atoms with Crippen LogP contribution in [-0.2, 0) is 5.41 Å². The maximum atomic E-state index is 10.8. The van der Waals surface area contributed by atoms with Crippen molar-refractivity contribution in [3.63, 3.8) is 0 Å². The number of hydrogen-bond acceptors (Lipinski definition) is 1. The first-order valence-electron chi connectivity index (χ1n) is 7.29. The topological polar surface area (TPSA) is 20.2 Å². The molecule has 1 unspecified atom stereocenters. The lowest BCUT2D eigenvalue weighted by atomic mass is 9.73. The lowest BCUT2D eigenvalue weighted by Gasteiger charge is -2.30. The van der Waals surface area contributed by atoms with E-state index < -0.39 is 5.41 Å². The van der Waals surface area contributed by atoms with E-state index in [1.807, 2.05) is 43.3 Å². The van der Waals surface area contributed by atoms with Crippen molar-refractivity contribution < 1.29 is 5.11 Å². The van der Waals surface area contributed by atoms with Gasteiger partial charge in [0.05, 0.1) is 5.41 Å². The zero-order valence-corrected chi connectivity index (χ0v) is 12.7. The fraction of sp³-hybridized carbons (Fsp3) is 0.200. The molecule has 0 radical (unpaired) electrons. The van der Waals surface area contributed by atoms with E-state index in [0.717, 1.165) is 11.1 Å². The number of benzene rings is 2. The molecule has 1 atom stereocenters. The molecule has 2 aromatic rings. The fourth-order valence-electron chi connectivity index (χ4n) is 3.40. The molecule has 1 aliphatic rings. The monoisotopic (exact) mass is 276 g/mol. The van der Waals surface area contributed by atoms with Crippen molar-refractivity contribution >= 4 is 5.57 Å². The highest BCUT2D eigenvalue weighted by molar-refractivity contribution is 5.86. The summed E-state index contributed by atoms with van der Waals surface area (Å²) < 4.78 is 0. The molecule has 1 aliphatic carbocycles. The average Bonchev–Trinajstić information content (AvgIpc) is 2.71. The molecule has 106 valence electrons. The molecule has 3 rings (SSSR count). The lowest BCUT2D eigenvalue weighted by Crippen LogP contribution is -2.24. The summed E-state index contributed by atoms with van der Waals surface area (Å²) in [4.78, 5) is 0. The van der Waals surface area contributed by atoms with E-state index in [0.29, 0.717) is 5.76 Å². The van der Waals surface area contributed by atoms with Gasteiger partial charge in [-0.1, -0.05) is 60.7 Å². The molecule has 0 bridgehead atoms. The largest absolute Gasteiger partial charge is 0.511 e. The second kappa shape index (κ2) is 4.92. The SMILES string of the molecule is CC1=C(O)C(C)(c2ccccc2)C(c2ccccc2)=C1C. The number of allylic oxidation sites excluding steroid dienone is 3. The van der Waals surface area contributed by atoms with Gasteiger partial charge in [-0.15, -0.1) is 0 Å². The third-order valence-corrected chi connectivity index (χ3v) is 4.68. The Morgan fingerprint density at radius 1 is 0.762 bits per heavy atom. The smallest absolute Gasteiger partial charge is 0.110 e. The van der Waals surface area contributed by atoms with Gasteiger partial charge in [0.15, 0.2) is 0 Å². The molecule has 0 saturated carbocycles. The third kappa shape index (κ3) is 1.92. The van der Waals surface area contributed by atoms with E-state index in [4.69, 9.17) is 0 Å². The van der Waals surface area contributed by atoms with E-state index in [1.54, 1.807) is 0 Å². The van der Waals surface area contributed by atoms with Crippen molar-refractivity contribution in [2.24, 2.45) is 0 Å². The molecule has 0 spiro atoms. The molecule has 0 fully saturated rings. The summed E-state index contributed by atoms with van der Waals surface area (Å²) in [7, 11) is 0. The summed E-state index contributed by atoms with van der Waals surface area (Å²) in [5.41, 5.74) is 5.17. The normalized spacial score (nSPS) is 22.0. The molecule has 1 N–H and O–H groups in total. The van der Waals surface area contributed by atoms with Gasteiger partial charge in [-0.05, 0) is 48.6 Å². The van der Waals surface area contributed by atoms with Gasteiger partial charge >= 0.3 is 0 Å². The van der Waals surface area contributed by atoms with Crippen molar-refractivity contribution in [3.8, 4) is 0 Å². The van der Waals surface area contributed by atoms with E-state index in [9.17, 15) is 5.11 Å². The highest BCUT2D eigenvalue weighted by Crippen LogP contribution is 2.51. The molecule has 0 saturated heterocycles. The zero-order valence-electron chi connectivity index (χ0n) is 12.7. The van der Waals surface area contributed by atoms with Crippen LogP contribution in [-0.4, -0.2) is 5.11 Å². The first-order chi connectivity index (χ1) is 10.1. The fourth-order valence-corrected chi connectivity index (χ4v) is 3.40. The molecule has 0 aromatic heterocycles. The Bertz CT molecular complexity index is 723. The quantitative estimate of drug-likeness (QED) is 0.792. The number of aliphatic hydroxyl groups is 1. The maximum Gasteiger partial charge on any atom is 0.110 e. The summed E-state index contributed by atoms with van der Waals surface area (Å²) >= 11 is 0. The first kappa shape index (κ1) is 13.7. The van der Waals surface area contributed by atoms with Gasteiger partial charge in [0.25, 0.3) is 0 Å². The van der Waals surface area contributed by atoms with Crippen molar-refractivity contribution in [1.29, 1.82) is 0 Å². The van der Waals surface area contributed by atoms with Crippen LogP contribution in [0.25, 0.3) is 5.57 Å². The van der Waals surface area contributed by atoms with E-state index in [2.05, 4.69) is 38.1 Å². The molecule has 0 aliphatic heterocycles. The molecule has 0 heterocycles. The van der Waals surface area contributed by atoms with Crippen LogP contribution < -0.4 is 0 Å². The number of hydrogen-bond donors (Lipinski definition) is 1. The molecule has 1 heteroatoms. The van der Waals surface area contributed by atoms with Crippen LogP contribution in [0.1, 0.15) is 31.9 Å². The maximum absolute atomic E-state index is 10.8. The molecule has 2 aromatic carbocycles. The average molecular weight is 276 g/mol. The highest BCUT2D eigenvalue weighted by atomic mass is 16.3. The van der Waals surface area contributed by atoms with Crippen molar-refractivity contribution in [1.82, 2.24) is 0 Å². The molecular formula is C20H20O. The van der Waals surface area contributed by atoms with Crippen molar-refractivity contribution in [3.05, 3.63) is 88.7 Å². The Kier molecular flexibility index (Phi) is 3.21. The van der Waals surface area contributed by atoms with Crippen molar-refractivity contribution in [2.45, 2.75) is 26.2 Å². The van der Waals surface area contributed by atoms with Gasteiger partial charge < -0.3 is 5.11 Å². The predicted octanol–water partition coefficient (Wildman–Crippen LogP) is 5.26. The van der Waals surface area contributed by atoms with Crippen LogP contribution in [0.15, 0.2) is 77.6 Å². The summed E-state index contributed by atoms with van der Waals surface area (Å²) in [5, 5.41) is 10.8. The predicted molar refractivity (Wildman–Crippen MR) is 88.2 cm³/mol. The second-order valence-corrected chi connectivity index (χ2v) is 5.83. The highest BCUT2D eigenvalue weighted by Gasteiger charge is 2.43. The van der Waals surface area contributed by atoms with E-state index in [1.165, 1.54) is 16.7 Å². The second-order valence-electron chi connectivity index (χ2n) is 5.83. The molecule has 1 nitrogen and oxygen atoms in total. The minimum Gasteiger partial charge on any atom is -0.511 e. The van der Waals surface area contributed by atoms with Gasteiger partial charge in [0.2, 0.25) is 0 Å². The van der Waals surface area contributed by atoms with E-state index >= 15 is 0 Å². The molecular weight excluding hydrogens is 256 g/mol. The number of rotatable bonds is 2. The standard InChI is InChI=1S/C20H20O/c1-14-15(2)19(21)20(3,17-12-8-5-9-13-17)18(14)16-10-6-4-7-11-16/h4-13,21H,1-3H3. The Hall–Kier alpha value is -2.28. The van der Waals surface area contributed by atoms with E-state index in [-0.39, 0.29) is 0 Å². The van der Waals surface area contributed by atoms with Crippen LogP contribution in [0, 0.1) is 0 Å². The number of aliphatic hydroxyl groups excluding tert-OH is 1. The lowest BCUT2D eigenvalue weighted by molar-refractivity contribution is 0.345. The minimum atomic E-state index is -0.475. The van der Waals surface area contributed by atoms with Gasteiger partial charge in [0, 0.05) is 0 Å². The van der Waals surface area contributed by atoms with Crippen LogP contribution >= 0.6 is 0 Å². The van der Waals surface area contributed by atoms with Crippen LogP contribution in [0.3, 0.4) is 0 Å². The summed E-state index contributed by atoms with van der Waals surface area (Å²) in [6, 6.07) is 20.6. The first-order valence-corrected chi connectivity index (χ1v) is 7.29. The zero-order chi connectivity index (χ0) is 15.0. The Labute approximate surface area is 126 Å². The van der Waals surface area contributed by atoms with Crippen LogP contribution in [0.4, 0.5) is 0 Å². The van der Waals surface area contributed by atoms with Gasteiger partial charge in [-0.2, -0.15) is 0 Å². The Morgan fingerprint density at radius 3 is 1.86 bits per heavy atom. The Balaban J connectivity index is 2.27. The van der Waals surface area contributed by atoms with Crippen LogP contribution in [0.2, 0.25) is 0 Å². The van der Waals surface area contributed by atoms with Crippen LogP contribution in [0.5, 0.6) is 0 Å². The van der Waals surface area contributed by atoms with Gasteiger partial charge in [-0.3, -0.25) is 0 Å².